The van der Waals surface area contributed by atoms with Crippen LogP contribution < -0.4 is 14.8 Å². The maximum Gasteiger partial charge on any atom is 0.178 e. The molecule has 11 rings (SSSR count). The normalized spacial score (nSPS) is 16.5. The maximum absolute atomic E-state index is 6.76. The number of benzene rings is 7. The van der Waals surface area contributed by atoms with Crippen LogP contribution in [0, 0.1) is 0 Å². The van der Waals surface area contributed by atoms with E-state index in [0.717, 1.165) is 62.2 Å². The van der Waals surface area contributed by atoms with E-state index in [9.17, 15) is 0 Å². The van der Waals surface area contributed by atoms with Crippen molar-refractivity contribution in [3.63, 3.8) is 0 Å². The van der Waals surface area contributed by atoms with Crippen molar-refractivity contribution in [2.75, 3.05) is 0 Å². The Kier molecular flexibility index (Phi) is 5.90. The molecule has 1 spiro atoms. The standard InChI is InChI=1S/C47H30N2O2/c1-3-13-29(14-4-1)39-28-40(49-46(48-39)30-15-5-2-6-16-30)31-23-24-34-38(27-31)47(35-19-9-7-17-32(35)33-18-8-10-20-36(33)47)37-25-26-43-45(44(34)37)51-42-22-12-11-21-41(42)50-43/h1-28,46,48H. The van der Waals surface area contributed by atoms with Gasteiger partial charge in [-0.05, 0) is 80.4 Å². The van der Waals surface area contributed by atoms with Gasteiger partial charge in [0.05, 0.1) is 11.1 Å². The summed E-state index contributed by atoms with van der Waals surface area (Å²) in [6.07, 6.45) is 1.96. The van der Waals surface area contributed by atoms with E-state index in [0.29, 0.717) is 0 Å². The summed E-state index contributed by atoms with van der Waals surface area (Å²) in [6, 6.07) is 57.8. The quantitative estimate of drug-likeness (QED) is 0.206. The number of hydrogen-bond donors (Lipinski definition) is 1. The SMILES string of the molecule is C1=C(c2ccccc2)NC(c2ccccc2)N=C1c1ccc2c(c1)C1(c3ccccc3-c3ccccc31)c1ccc3c(c1-2)Oc1ccccc1O3. The predicted molar refractivity (Wildman–Crippen MR) is 203 cm³/mol. The Morgan fingerprint density at radius 2 is 1.14 bits per heavy atom. The summed E-state index contributed by atoms with van der Waals surface area (Å²) >= 11 is 0. The first-order valence-corrected chi connectivity index (χ1v) is 17.4. The first kappa shape index (κ1) is 28.2. The van der Waals surface area contributed by atoms with Crippen LogP contribution in [0.1, 0.15) is 45.1 Å². The molecule has 2 aliphatic carbocycles. The number of hydrogen-bond acceptors (Lipinski definition) is 4. The van der Waals surface area contributed by atoms with Crippen LogP contribution in [0.5, 0.6) is 23.0 Å². The molecule has 2 aliphatic heterocycles. The number of ether oxygens (including phenoxy) is 2. The lowest BCUT2D eigenvalue weighted by atomic mass is 9.70. The van der Waals surface area contributed by atoms with Gasteiger partial charge in [0.25, 0.3) is 0 Å². The molecule has 0 saturated heterocycles. The van der Waals surface area contributed by atoms with Gasteiger partial charge in [-0.1, -0.05) is 140 Å². The molecule has 1 N–H and O–H groups in total. The molecule has 240 valence electrons. The molecule has 7 aromatic rings. The molecule has 4 heteroatoms. The van der Waals surface area contributed by atoms with E-state index in [1.807, 2.05) is 30.3 Å². The van der Waals surface area contributed by atoms with Crippen molar-refractivity contribution in [2.45, 2.75) is 11.6 Å². The van der Waals surface area contributed by atoms with E-state index in [4.69, 9.17) is 14.5 Å². The second kappa shape index (κ2) is 10.7. The third kappa shape index (κ3) is 3.99. The third-order valence-electron chi connectivity index (χ3n) is 10.8. The lowest BCUT2D eigenvalue weighted by Crippen LogP contribution is -2.27. The summed E-state index contributed by atoms with van der Waals surface area (Å²) < 4.78 is 13.2. The van der Waals surface area contributed by atoms with Gasteiger partial charge in [-0.15, -0.1) is 0 Å². The fourth-order valence-corrected chi connectivity index (χ4v) is 8.63. The van der Waals surface area contributed by atoms with E-state index in [-0.39, 0.29) is 6.17 Å². The number of nitrogens with zero attached hydrogens (tertiary/aromatic N) is 1. The van der Waals surface area contributed by atoms with Crippen LogP contribution in [-0.4, -0.2) is 5.71 Å². The van der Waals surface area contributed by atoms with Crippen molar-refractivity contribution in [3.05, 3.63) is 209 Å². The summed E-state index contributed by atoms with van der Waals surface area (Å²) in [7, 11) is 0. The largest absolute Gasteiger partial charge is 0.449 e. The van der Waals surface area contributed by atoms with Gasteiger partial charge in [0.15, 0.2) is 23.0 Å². The van der Waals surface area contributed by atoms with Crippen LogP contribution in [0.4, 0.5) is 0 Å². The Balaban J connectivity index is 1.17. The van der Waals surface area contributed by atoms with Gasteiger partial charge < -0.3 is 14.8 Å². The molecule has 7 aromatic carbocycles. The molecule has 2 heterocycles. The highest BCUT2D eigenvalue weighted by molar-refractivity contribution is 6.14. The first-order valence-electron chi connectivity index (χ1n) is 17.4. The van der Waals surface area contributed by atoms with Gasteiger partial charge in [-0.3, -0.25) is 4.99 Å². The molecular formula is C47H30N2O2. The lowest BCUT2D eigenvalue weighted by Gasteiger charge is -2.31. The minimum absolute atomic E-state index is 0.230. The van der Waals surface area contributed by atoms with Gasteiger partial charge in [-0.2, -0.15) is 0 Å². The molecule has 1 atom stereocenters. The zero-order valence-corrected chi connectivity index (χ0v) is 27.5. The third-order valence-corrected chi connectivity index (χ3v) is 10.8. The zero-order chi connectivity index (χ0) is 33.5. The molecule has 51 heavy (non-hydrogen) atoms. The molecule has 1 unspecified atom stereocenters. The second-order valence-electron chi connectivity index (χ2n) is 13.5. The molecule has 0 saturated carbocycles. The van der Waals surface area contributed by atoms with E-state index in [1.54, 1.807) is 0 Å². The van der Waals surface area contributed by atoms with Crippen LogP contribution in [0.25, 0.3) is 28.0 Å². The van der Waals surface area contributed by atoms with Crippen molar-refractivity contribution in [3.8, 4) is 45.3 Å². The van der Waals surface area contributed by atoms with Gasteiger partial charge in [0, 0.05) is 16.8 Å². The van der Waals surface area contributed by atoms with Crippen LogP contribution in [0.15, 0.2) is 175 Å². The monoisotopic (exact) mass is 654 g/mol. The Morgan fingerprint density at radius 3 is 1.88 bits per heavy atom. The summed E-state index contributed by atoms with van der Waals surface area (Å²) in [5.41, 5.74) is 14.4. The van der Waals surface area contributed by atoms with Crippen LogP contribution in [-0.2, 0) is 5.41 Å². The molecule has 4 nitrogen and oxygen atoms in total. The average molecular weight is 655 g/mol. The maximum atomic E-state index is 6.76. The molecular weight excluding hydrogens is 625 g/mol. The van der Waals surface area contributed by atoms with E-state index in [2.05, 4.69) is 145 Å². The summed E-state index contributed by atoms with van der Waals surface area (Å²) in [5, 5.41) is 3.71. The number of nitrogens with one attached hydrogen (secondary N) is 1. The Morgan fingerprint density at radius 1 is 0.490 bits per heavy atom. The number of allylic oxidation sites excluding steroid dienone is 1. The minimum Gasteiger partial charge on any atom is -0.449 e. The highest BCUT2D eigenvalue weighted by Gasteiger charge is 2.53. The minimum atomic E-state index is -0.554. The summed E-state index contributed by atoms with van der Waals surface area (Å²) in [6.45, 7) is 0. The van der Waals surface area contributed by atoms with Crippen molar-refractivity contribution >= 4 is 11.4 Å². The van der Waals surface area contributed by atoms with Crippen molar-refractivity contribution < 1.29 is 9.47 Å². The van der Waals surface area contributed by atoms with Crippen molar-refractivity contribution in [1.29, 1.82) is 0 Å². The lowest BCUT2D eigenvalue weighted by molar-refractivity contribution is 0.360. The van der Waals surface area contributed by atoms with Gasteiger partial charge >= 0.3 is 0 Å². The second-order valence-corrected chi connectivity index (χ2v) is 13.5. The van der Waals surface area contributed by atoms with Crippen LogP contribution in [0.3, 0.4) is 0 Å². The number of fused-ring (bicyclic) bond motifs is 13. The molecule has 0 bridgehead atoms. The van der Waals surface area contributed by atoms with Crippen molar-refractivity contribution in [2.24, 2.45) is 4.99 Å². The molecule has 0 amide bonds. The smallest absolute Gasteiger partial charge is 0.178 e. The Hall–Kier alpha value is -6.65. The molecule has 0 radical (unpaired) electrons. The molecule has 4 aliphatic rings. The van der Waals surface area contributed by atoms with Gasteiger partial charge in [0.2, 0.25) is 0 Å². The molecule has 0 fully saturated rings. The number of rotatable bonds is 3. The highest BCUT2D eigenvalue weighted by Crippen LogP contribution is 2.66. The molecule has 0 aromatic heterocycles. The predicted octanol–water partition coefficient (Wildman–Crippen LogP) is 11.1. The first-order chi connectivity index (χ1) is 25.3. The van der Waals surface area contributed by atoms with Crippen LogP contribution >= 0.6 is 0 Å². The van der Waals surface area contributed by atoms with Crippen LogP contribution in [0.2, 0.25) is 0 Å². The van der Waals surface area contributed by atoms with E-state index in [1.165, 1.54) is 33.4 Å². The van der Waals surface area contributed by atoms with E-state index >= 15 is 0 Å². The number of para-hydroxylation sites is 2. The topological polar surface area (TPSA) is 42.9 Å². The number of aliphatic imine (C=N–C) groups is 1. The Labute approximate surface area is 296 Å². The van der Waals surface area contributed by atoms with Gasteiger partial charge in [-0.25, -0.2) is 0 Å². The van der Waals surface area contributed by atoms with Crippen molar-refractivity contribution in [1.82, 2.24) is 5.32 Å². The Bertz CT molecular complexity index is 2580. The fourth-order valence-electron chi connectivity index (χ4n) is 8.63. The highest BCUT2D eigenvalue weighted by atomic mass is 16.6. The van der Waals surface area contributed by atoms with E-state index < -0.39 is 5.41 Å². The zero-order valence-electron chi connectivity index (χ0n) is 27.5. The van der Waals surface area contributed by atoms with Gasteiger partial charge in [0.1, 0.15) is 6.17 Å². The fraction of sp³-hybridized carbons (Fsp3) is 0.0426. The average Bonchev–Trinajstić information content (AvgIpc) is 3.68. The summed E-state index contributed by atoms with van der Waals surface area (Å²) in [5.74, 6) is 2.93. The summed E-state index contributed by atoms with van der Waals surface area (Å²) in [4.78, 5) is 5.36.